The van der Waals surface area contributed by atoms with Crippen molar-refractivity contribution in [3.05, 3.63) is 35.7 Å². The van der Waals surface area contributed by atoms with Gasteiger partial charge in [-0.3, -0.25) is 0 Å². The highest BCUT2D eigenvalue weighted by Gasteiger charge is 2.11. The Morgan fingerprint density at radius 1 is 1.19 bits per heavy atom. The Bertz CT molecular complexity index is 626. The van der Waals surface area contributed by atoms with E-state index in [0.717, 1.165) is 29.4 Å². The lowest BCUT2D eigenvalue weighted by atomic mass is 10.3. The molecule has 21 heavy (non-hydrogen) atoms. The first-order valence-electron chi connectivity index (χ1n) is 7.05. The Hall–Kier alpha value is -2.30. The molecule has 0 unspecified atom stereocenters. The molecular weight excluding hydrogens is 264 g/mol. The number of nitrogens with one attached hydrogen (secondary N) is 1. The first-order chi connectivity index (χ1) is 10.0. The number of hydrogen-bond donors (Lipinski definition) is 1. The number of aromatic nitrogens is 2. The maximum absolute atomic E-state index is 5.95. The van der Waals surface area contributed by atoms with Gasteiger partial charge in [0.25, 0.3) is 0 Å². The summed E-state index contributed by atoms with van der Waals surface area (Å²) in [6.45, 7) is 6.68. The second-order valence-corrected chi connectivity index (χ2v) is 5.07. The maximum Gasteiger partial charge on any atom is 0.227 e. The van der Waals surface area contributed by atoms with Gasteiger partial charge in [-0.2, -0.15) is 4.98 Å². The lowest BCUT2D eigenvalue weighted by Crippen LogP contribution is -2.08. The van der Waals surface area contributed by atoms with E-state index in [1.807, 2.05) is 64.0 Å². The van der Waals surface area contributed by atoms with E-state index in [1.165, 1.54) is 0 Å². The third-order valence-electron chi connectivity index (χ3n) is 3.11. The summed E-state index contributed by atoms with van der Waals surface area (Å²) < 4.78 is 5.95. The highest BCUT2D eigenvalue weighted by Crippen LogP contribution is 2.28. The molecule has 5 heteroatoms. The van der Waals surface area contributed by atoms with Gasteiger partial charge < -0.3 is 15.0 Å². The predicted molar refractivity (Wildman–Crippen MR) is 86.5 cm³/mol. The molecule has 1 heterocycles. The summed E-state index contributed by atoms with van der Waals surface area (Å²) in [6.07, 6.45) is 0. The molecule has 0 fully saturated rings. The molecule has 0 saturated carbocycles. The molecule has 0 radical (unpaired) electrons. The molecule has 0 amide bonds. The molecule has 0 bridgehead atoms. The first kappa shape index (κ1) is 15.1. The summed E-state index contributed by atoms with van der Waals surface area (Å²) in [6, 6.07) is 7.93. The van der Waals surface area contributed by atoms with Gasteiger partial charge in [0.05, 0.1) is 5.56 Å². The molecule has 2 rings (SSSR count). The maximum atomic E-state index is 5.95. The van der Waals surface area contributed by atoms with Crippen molar-refractivity contribution in [2.24, 2.45) is 0 Å². The summed E-state index contributed by atoms with van der Waals surface area (Å²) >= 11 is 0. The topological polar surface area (TPSA) is 50.3 Å². The first-order valence-corrected chi connectivity index (χ1v) is 7.05. The van der Waals surface area contributed by atoms with Crippen molar-refractivity contribution in [2.45, 2.75) is 20.8 Å². The highest BCUT2D eigenvalue weighted by molar-refractivity contribution is 5.52. The van der Waals surface area contributed by atoms with E-state index < -0.39 is 0 Å². The lowest BCUT2D eigenvalue weighted by Gasteiger charge is -2.15. The van der Waals surface area contributed by atoms with Crippen molar-refractivity contribution in [1.29, 1.82) is 0 Å². The number of hydrogen-bond acceptors (Lipinski definition) is 5. The number of anilines is 2. The van der Waals surface area contributed by atoms with E-state index in [9.17, 15) is 0 Å². The fraction of sp³-hybridized carbons (Fsp3) is 0.375. The molecule has 0 atom stereocenters. The van der Waals surface area contributed by atoms with Crippen LogP contribution in [-0.2, 0) is 0 Å². The molecule has 112 valence electrons. The van der Waals surface area contributed by atoms with Crippen LogP contribution in [0.5, 0.6) is 11.6 Å². The van der Waals surface area contributed by atoms with E-state index in [0.29, 0.717) is 11.7 Å². The normalized spacial score (nSPS) is 10.3. The van der Waals surface area contributed by atoms with Crippen LogP contribution >= 0.6 is 0 Å². The zero-order valence-electron chi connectivity index (χ0n) is 13.3. The second-order valence-electron chi connectivity index (χ2n) is 5.07. The summed E-state index contributed by atoms with van der Waals surface area (Å²) in [5.41, 5.74) is 2.00. The minimum atomic E-state index is 0.592. The molecule has 0 aliphatic rings. The Balaban J connectivity index is 2.33. The third kappa shape index (κ3) is 3.62. The van der Waals surface area contributed by atoms with Crippen LogP contribution in [-0.4, -0.2) is 30.6 Å². The number of aryl methyl sites for hydroxylation is 1. The lowest BCUT2D eigenvalue weighted by molar-refractivity contribution is 0.456. The van der Waals surface area contributed by atoms with Crippen molar-refractivity contribution < 1.29 is 4.74 Å². The van der Waals surface area contributed by atoms with Gasteiger partial charge in [-0.15, -0.1) is 0 Å². The van der Waals surface area contributed by atoms with Crippen LogP contribution in [0.25, 0.3) is 0 Å². The predicted octanol–water partition coefficient (Wildman–Crippen LogP) is 3.38. The van der Waals surface area contributed by atoms with Crippen LogP contribution in [0.2, 0.25) is 0 Å². The molecule has 1 aromatic heterocycles. The summed E-state index contributed by atoms with van der Waals surface area (Å²) in [7, 11) is 4.00. The monoisotopic (exact) mass is 286 g/mol. The smallest absolute Gasteiger partial charge is 0.227 e. The number of rotatable bonds is 5. The van der Waals surface area contributed by atoms with E-state index in [1.54, 1.807) is 0 Å². The summed E-state index contributed by atoms with van der Waals surface area (Å²) in [5.74, 6) is 2.87. The van der Waals surface area contributed by atoms with Gasteiger partial charge in [-0.25, -0.2) is 4.98 Å². The summed E-state index contributed by atoms with van der Waals surface area (Å²) in [5, 5.41) is 3.23. The summed E-state index contributed by atoms with van der Waals surface area (Å²) in [4.78, 5) is 10.8. The molecule has 2 aromatic rings. The zero-order chi connectivity index (χ0) is 15.4. The van der Waals surface area contributed by atoms with Crippen molar-refractivity contribution in [1.82, 2.24) is 9.97 Å². The van der Waals surface area contributed by atoms with Crippen LogP contribution in [0.3, 0.4) is 0 Å². The third-order valence-corrected chi connectivity index (χ3v) is 3.11. The Morgan fingerprint density at radius 2 is 1.95 bits per heavy atom. The molecule has 1 aromatic carbocycles. The fourth-order valence-corrected chi connectivity index (χ4v) is 1.98. The van der Waals surface area contributed by atoms with Crippen molar-refractivity contribution in [2.75, 3.05) is 30.9 Å². The van der Waals surface area contributed by atoms with Gasteiger partial charge in [0.1, 0.15) is 17.4 Å². The number of nitrogens with zero attached hydrogens (tertiary/aromatic N) is 3. The molecule has 0 spiro atoms. The average Bonchev–Trinajstić information content (AvgIpc) is 2.44. The van der Waals surface area contributed by atoms with Gasteiger partial charge >= 0.3 is 0 Å². The highest BCUT2D eigenvalue weighted by atomic mass is 16.5. The molecule has 0 aliphatic carbocycles. The van der Waals surface area contributed by atoms with Crippen LogP contribution in [0.15, 0.2) is 24.3 Å². The Labute approximate surface area is 126 Å². The van der Waals surface area contributed by atoms with Crippen molar-refractivity contribution in [3.63, 3.8) is 0 Å². The standard InChI is InChI=1S/C16H22N4O/c1-6-17-15-11(2)16(19-12(3)18-15)21-14-9-7-8-13(10-14)20(4)5/h7-10H,6H2,1-5H3,(H,17,18,19). The minimum Gasteiger partial charge on any atom is -0.438 e. The number of ether oxygens (including phenoxy) is 1. The van der Waals surface area contributed by atoms with E-state index in [-0.39, 0.29) is 0 Å². The van der Waals surface area contributed by atoms with Crippen LogP contribution in [0.4, 0.5) is 11.5 Å². The van der Waals surface area contributed by atoms with Crippen molar-refractivity contribution >= 4 is 11.5 Å². The van der Waals surface area contributed by atoms with E-state index in [2.05, 4.69) is 15.3 Å². The number of benzene rings is 1. The molecule has 5 nitrogen and oxygen atoms in total. The molecule has 0 aliphatic heterocycles. The SMILES string of the molecule is CCNc1nc(C)nc(Oc2cccc(N(C)C)c2)c1C. The van der Waals surface area contributed by atoms with Crippen LogP contribution in [0.1, 0.15) is 18.3 Å². The van der Waals surface area contributed by atoms with Gasteiger partial charge in [-0.05, 0) is 32.9 Å². The zero-order valence-corrected chi connectivity index (χ0v) is 13.3. The molecule has 0 saturated heterocycles. The van der Waals surface area contributed by atoms with Crippen LogP contribution in [0, 0.1) is 13.8 Å². The Morgan fingerprint density at radius 3 is 2.62 bits per heavy atom. The van der Waals surface area contributed by atoms with Gasteiger partial charge in [0, 0.05) is 32.4 Å². The largest absolute Gasteiger partial charge is 0.438 e. The van der Waals surface area contributed by atoms with Crippen molar-refractivity contribution in [3.8, 4) is 11.6 Å². The van der Waals surface area contributed by atoms with E-state index >= 15 is 0 Å². The van der Waals surface area contributed by atoms with Gasteiger partial charge in [0.2, 0.25) is 5.88 Å². The molecular formula is C16H22N4O. The Kier molecular flexibility index (Phi) is 4.62. The quantitative estimate of drug-likeness (QED) is 0.913. The molecule has 1 N–H and O–H groups in total. The fourth-order valence-electron chi connectivity index (χ4n) is 1.98. The van der Waals surface area contributed by atoms with Crippen LogP contribution < -0.4 is 15.0 Å². The van der Waals surface area contributed by atoms with E-state index in [4.69, 9.17) is 4.74 Å². The average molecular weight is 286 g/mol. The van der Waals surface area contributed by atoms with Gasteiger partial charge in [0.15, 0.2) is 0 Å². The minimum absolute atomic E-state index is 0.592. The van der Waals surface area contributed by atoms with Gasteiger partial charge in [-0.1, -0.05) is 6.07 Å². The second kappa shape index (κ2) is 6.43.